The van der Waals surface area contributed by atoms with Crippen molar-refractivity contribution in [3.63, 3.8) is 0 Å². The van der Waals surface area contributed by atoms with Crippen molar-refractivity contribution in [2.24, 2.45) is 0 Å². The Kier molecular flexibility index (Phi) is 8.85. The number of benzene rings is 3. The highest BCUT2D eigenvalue weighted by atomic mass is 35.5. The van der Waals surface area contributed by atoms with Crippen LogP contribution in [0.3, 0.4) is 0 Å². The van der Waals surface area contributed by atoms with E-state index in [2.05, 4.69) is 46.3 Å². The first-order valence-electron chi connectivity index (χ1n) is 11.9. The Bertz CT molecular complexity index is 1240. The maximum atomic E-state index is 11.7. The van der Waals surface area contributed by atoms with E-state index in [4.69, 9.17) is 16.3 Å². The number of nitrogens with zero attached hydrogens (tertiary/aromatic N) is 2. The summed E-state index contributed by atoms with van der Waals surface area (Å²) in [7, 11) is 1.38. The zero-order chi connectivity index (χ0) is 25.3. The van der Waals surface area contributed by atoms with Crippen molar-refractivity contribution < 1.29 is 14.6 Å². The minimum Gasteiger partial charge on any atom is -0.465 e. The molecule has 0 bridgehead atoms. The van der Waals surface area contributed by atoms with Gasteiger partial charge in [-0.2, -0.15) is 0 Å². The van der Waals surface area contributed by atoms with E-state index in [0.717, 1.165) is 36.2 Å². The van der Waals surface area contributed by atoms with Crippen molar-refractivity contribution in [2.75, 3.05) is 20.2 Å². The highest BCUT2D eigenvalue weighted by Crippen LogP contribution is 2.22. The van der Waals surface area contributed by atoms with E-state index < -0.39 is 6.10 Å². The van der Waals surface area contributed by atoms with Gasteiger partial charge in [-0.05, 0) is 46.9 Å². The van der Waals surface area contributed by atoms with Crippen molar-refractivity contribution in [1.82, 2.24) is 9.88 Å². The molecule has 1 heterocycles. The van der Waals surface area contributed by atoms with Gasteiger partial charge in [0.25, 0.3) is 0 Å². The van der Waals surface area contributed by atoms with Gasteiger partial charge in [0.1, 0.15) is 5.15 Å². The van der Waals surface area contributed by atoms with E-state index in [1.54, 1.807) is 24.4 Å². The Morgan fingerprint density at radius 2 is 1.58 bits per heavy atom. The van der Waals surface area contributed by atoms with Crippen LogP contribution in [-0.4, -0.2) is 41.2 Å². The molecule has 4 rings (SSSR count). The summed E-state index contributed by atoms with van der Waals surface area (Å²) in [6.45, 7) is 2.02. The molecule has 1 aromatic heterocycles. The number of methoxy groups -OCH3 is 1. The van der Waals surface area contributed by atoms with Crippen LogP contribution in [0.15, 0.2) is 97.2 Å². The van der Waals surface area contributed by atoms with Crippen LogP contribution in [0.25, 0.3) is 11.1 Å². The fourth-order valence-electron chi connectivity index (χ4n) is 4.08. The van der Waals surface area contributed by atoms with Crippen molar-refractivity contribution in [1.29, 1.82) is 0 Å². The molecule has 36 heavy (non-hydrogen) atoms. The summed E-state index contributed by atoms with van der Waals surface area (Å²) in [5.41, 5.74) is 5.82. The Morgan fingerprint density at radius 1 is 0.917 bits per heavy atom. The van der Waals surface area contributed by atoms with Gasteiger partial charge < -0.3 is 9.84 Å². The van der Waals surface area contributed by atoms with Crippen LogP contribution in [0.2, 0.25) is 5.15 Å². The topological polar surface area (TPSA) is 62.7 Å². The fraction of sp³-hybridized carbons (Fsp3) is 0.200. The van der Waals surface area contributed by atoms with Crippen LogP contribution in [-0.2, 0) is 17.7 Å². The van der Waals surface area contributed by atoms with E-state index in [9.17, 15) is 9.90 Å². The maximum absolute atomic E-state index is 11.7. The van der Waals surface area contributed by atoms with E-state index in [-0.39, 0.29) is 5.97 Å². The average molecular weight is 501 g/mol. The zero-order valence-electron chi connectivity index (χ0n) is 20.2. The molecule has 0 saturated carbocycles. The molecule has 5 nitrogen and oxygen atoms in total. The standard InChI is InChI=1S/C30H29ClN2O3/c1-36-30(35)26-13-11-25(12-14-26)24-9-7-22(8-10-24)17-18-33(20-23-5-3-2-4-6-23)21-28(34)27-15-16-29(31)32-19-27/h2-16,19,28,34H,17-18,20-21H2,1H3/t28-/m0/s1. The molecule has 0 saturated heterocycles. The summed E-state index contributed by atoms with van der Waals surface area (Å²) in [5, 5.41) is 11.2. The lowest BCUT2D eigenvalue weighted by Gasteiger charge is -2.25. The van der Waals surface area contributed by atoms with Gasteiger partial charge in [-0.1, -0.05) is 84.4 Å². The minimum atomic E-state index is -0.659. The number of ether oxygens (including phenoxy) is 1. The van der Waals surface area contributed by atoms with Crippen molar-refractivity contribution in [3.05, 3.63) is 125 Å². The summed E-state index contributed by atoms with van der Waals surface area (Å²) in [4.78, 5) is 18.0. The van der Waals surface area contributed by atoms with Crippen molar-refractivity contribution in [3.8, 4) is 11.1 Å². The minimum absolute atomic E-state index is 0.339. The van der Waals surface area contributed by atoms with Crippen molar-refractivity contribution >= 4 is 17.6 Å². The number of aliphatic hydroxyl groups is 1. The number of carbonyl (C=O) groups is 1. The van der Waals surface area contributed by atoms with Crippen LogP contribution in [0.4, 0.5) is 0 Å². The van der Waals surface area contributed by atoms with Gasteiger partial charge in [0.15, 0.2) is 0 Å². The largest absolute Gasteiger partial charge is 0.465 e. The van der Waals surface area contributed by atoms with E-state index in [0.29, 0.717) is 17.3 Å². The molecule has 0 spiro atoms. The lowest BCUT2D eigenvalue weighted by Crippen LogP contribution is -2.30. The van der Waals surface area contributed by atoms with E-state index >= 15 is 0 Å². The number of hydrogen-bond donors (Lipinski definition) is 1. The van der Waals surface area contributed by atoms with Crippen LogP contribution < -0.4 is 0 Å². The summed E-state index contributed by atoms with van der Waals surface area (Å²) in [6.07, 6.45) is 1.82. The quantitative estimate of drug-likeness (QED) is 0.215. The van der Waals surface area contributed by atoms with Crippen LogP contribution in [0.5, 0.6) is 0 Å². The third-order valence-electron chi connectivity index (χ3n) is 6.13. The Hall–Kier alpha value is -3.51. The van der Waals surface area contributed by atoms with Gasteiger partial charge in [0, 0.05) is 31.4 Å². The third-order valence-corrected chi connectivity index (χ3v) is 6.35. The highest BCUT2D eigenvalue weighted by Gasteiger charge is 2.15. The fourth-order valence-corrected chi connectivity index (χ4v) is 4.19. The second kappa shape index (κ2) is 12.5. The molecular weight excluding hydrogens is 472 g/mol. The van der Waals surface area contributed by atoms with Gasteiger partial charge in [-0.3, -0.25) is 4.90 Å². The summed E-state index contributed by atoms with van der Waals surface area (Å²) in [5.74, 6) is -0.339. The lowest BCUT2D eigenvalue weighted by atomic mass is 10.0. The Balaban J connectivity index is 1.41. The van der Waals surface area contributed by atoms with Crippen molar-refractivity contribution in [2.45, 2.75) is 19.1 Å². The van der Waals surface area contributed by atoms with E-state index in [1.807, 2.05) is 36.4 Å². The van der Waals surface area contributed by atoms with Gasteiger partial charge in [0.05, 0.1) is 18.8 Å². The first-order valence-corrected chi connectivity index (χ1v) is 12.2. The van der Waals surface area contributed by atoms with Gasteiger partial charge in [-0.15, -0.1) is 0 Å². The Morgan fingerprint density at radius 3 is 2.19 bits per heavy atom. The van der Waals surface area contributed by atoms with Gasteiger partial charge in [-0.25, -0.2) is 9.78 Å². The number of pyridine rings is 1. The Labute approximate surface area is 217 Å². The number of aliphatic hydroxyl groups excluding tert-OH is 1. The molecule has 0 radical (unpaired) electrons. The van der Waals surface area contributed by atoms with Crippen LogP contribution in [0, 0.1) is 0 Å². The zero-order valence-corrected chi connectivity index (χ0v) is 20.9. The van der Waals surface area contributed by atoms with Gasteiger partial charge >= 0.3 is 5.97 Å². The molecule has 184 valence electrons. The molecular formula is C30H29ClN2O3. The molecule has 0 amide bonds. The number of carbonyl (C=O) groups excluding carboxylic acids is 1. The molecule has 0 unspecified atom stereocenters. The molecule has 0 aliphatic carbocycles. The monoisotopic (exact) mass is 500 g/mol. The summed E-state index contributed by atoms with van der Waals surface area (Å²) < 4.78 is 4.77. The average Bonchev–Trinajstić information content (AvgIpc) is 2.92. The number of esters is 1. The van der Waals surface area contributed by atoms with E-state index in [1.165, 1.54) is 18.2 Å². The molecule has 4 aromatic rings. The smallest absolute Gasteiger partial charge is 0.337 e. The van der Waals surface area contributed by atoms with Crippen LogP contribution in [0.1, 0.15) is 33.2 Å². The normalized spacial score (nSPS) is 11.9. The predicted molar refractivity (Wildman–Crippen MR) is 143 cm³/mol. The highest BCUT2D eigenvalue weighted by molar-refractivity contribution is 6.29. The van der Waals surface area contributed by atoms with Crippen LogP contribution >= 0.6 is 11.6 Å². The second-order valence-electron chi connectivity index (χ2n) is 8.67. The number of rotatable bonds is 10. The molecule has 3 aromatic carbocycles. The molecule has 0 aliphatic rings. The molecule has 1 atom stereocenters. The van der Waals surface area contributed by atoms with Gasteiger partial charge in [0.2, 0.25) is 0 Å². The molecule has 0 fully saturated rings. The first-order chi connectivity index (χ1) is 17.5. The molecule has 6 heteroatoms. The summed E-state index contributed by atoms with van der Waals surface area (Å²) in [6, 6.07) is 29.6. The predicted octanol–water partition coefficient (Wildman–Crippen LogP) is 5.97. The maximum Gasteiger partial charge on any atom is 0.337 e. The first kappa shape index (κ1) is 25.6. The third kappa shape index (κ3) is 7.01. The number of halogens is 1. The number of aromatic nitrogens is 1. The SMILES string of the molecule is COC(=O)c1ccc(-c2ccc(CCN(Cc3ccccc3)C[C@H](O)c3ccc(Cl)nc3)cc2)cc1. The lowest BCUT2D eigenvalue weighted by molar-refractivity contribution is 0.0600. The summed E-state index contributed by atoms with van der Waals surface area (Å²) >= 11 is 5.90. The molecule has 0 aliphatic heterocycles. The second-order valence-corrected chi connectivity index (χ2v) is 9.05. The molecule has 1 N–H and O–H groups in total. The number of hydrogen-bond acceptors (Lipinski definition) is 5.